The van der Waals surface area contributed by atoms with E-state index in [4.69, 9.17) is 0 Å². The van der Waals surface area contributed by atoms with Gasteiger partial charge in [-0.05, 0) is 43.5 Å². The van der Waals surface area contributed by atoms with Crippen LogP contribution in [0, 0.1) is 11.7 Å². The van der Waals surface area contributed by atoms with E-state index in [1.54, 1.807) is 24.4 Å². The summed E-state index contributed by atoms with van der Waals surface area (Å²) in [6, 6.07) is 4.98. The first-order valence-corrected chi connectivity index (χ1v) is 9.79. The van der Waals surface area contributed by atoms with Crippen LogP contribution in [0.4, 0.5) is 4.39 Å². The van der Waals surface area contributed by atoms with E-state index in [1.807, 2.05) is 6.92 Å². The van der Waals surface area contributed by atoms with Gasteiger partial charge >= 0.3 is 0 Å². The Hall–Kier alpha value is -2.38. The Morgan fingerprint density at radius 3 is 2.93 bits per heavy atom. The minimum absolute atomic E-state index is 0.0838. The molecule has 3 unspecified atom stereocenters. The summed E-state index contributed by atoms with van der Waals surface area (Å²) in [7, 11) is 0. The molecule has 3 atom stereocenters. The molecule has 1 aromatic carbocycles. The molecule has 0 spiro atoms. The van der Waals surface area contributed by atoms with Crippen molar-refractivity contribution in [3.8, 4) is 0 Å². The van der Waals surface area contributed by atoms with Crippen molar-refractivity contribution >= 4 is 22.7 Å². The normalized spacial score (nSPS) is 28.4. The van der Waals surface area contributed by atoms with Gasteiger partial charge in [0.15, 0.2) is 0 Å². The first kappa shape index (κ1) is 19.0. The molecule has 2 saturated heterocycles. The van der Waals surface area contributed by atoms with E-state index >= 15 is 4.39 Å². The maximum Gasteiger partial charge on any atom is 0.234 e. The lowest BCUT2D eigenvalue weighted by Crippen LogP contribution is -2.48. The SMILES string of the molecule is CCC1CNCCC1(O)c1ccc2ncc(C3CCC(=O)NC3=O)cc2c1F. The van der Waals surface area contributed by atoms with E-state index in [0.717, 1.165) is 6.42 Å². The minimum Gasteiger partial charge on any atom is -0.385 e. The van der Waals surface area contributed by atoms with Gasteiger partial charge in [-0.2, -0.15) is 0 Å². The molecular formula is C21H24FN3O3. The molecule has 6 nitrogen and oxygen atoms in total. The Bertz CT molecular complexity index is 948. The quantitative estimate of drug-likeness (QED) is 0.704. The van der Waals surface area contributed by atoms with E-state index in [2.05, 4.69) is 15.6 Å². The number of amides is 2. The van der Waals surface area contributed by atoms with Crippen LogP contribution in [0.2, 0.25) is 0 Å². The van der Waals surface area contributed by atoms with Crippen molar-refractivity contribution in [2.24, 2.45) is 5.92 Å². The molecule has 148 valence electrons. The molecule has 3 heterocycles. The molecule has 2 amide bonds. The number of nitrogens with zero attached hydrogens (tertiary/aromatic N) is 1. The van der Waals surface area contributed by atoms with Crippen LogP contribution in [0.5, 0.6) is 0 Å². The topological polar surface area (TPSA) is 91.3 Å². The van der Waals surface area contributed by atoms with E-state index in [1.165, 1.54) is 0 Å². The minimum atomic E-state index is -1.23. The van der Waals surface area contributed by atoms with Crippen LogP contribution in [0.15, 0.2) is 24.4 Å². The average molecular weight is 385 g/mol. The second-order valence-corrected chi connectivity index (χ2v) is 7.75. The summed E-state index contributed by atoms with van der Waals surface area (Å²) in [5, 5.41) is 17.2. The monoisotopic (exact) mass is 385 g/mol. The Balaban J connectivity index is 1.78. The highest BCUT2D eigenvalue weighted by Gasteiger charge is 2.41. The number of piperidine rings is 2. The zero-order valence-electron chi connectivity index (χ0n) is 15.8. The van der Waals surface area contributed by atoms with E-state index < -0.39 is 17.3 Å². The van der Waals surface area contributed by atoms with Gasteiger partial charge in [0.1, 0.15) is 5.82 Å². The number of carbonyl (C=O) groups excluding carboxylic acids is 2. The number of nitrogens with one attached hydrogen (secondary N) is 2. The number of halogens is 1. The highest BCUT2D eigenvalue weighted by atomic mass is 19.1. The van der Waals surface area contributed by atoms with Gasteiger partial charge in [0, 0.05) is 36.0 Å². The standard InChI is InChI=1S/C21H24FN3O3/c1-2-13-11-23-8-7-21(13,28)16-4-5-17-15(19(16)22)9-12(10-24-17)14-3-6-18(26)25-20(14)27/h4-5,9-10,13-14,23,28H,2-3,6-8,11H2,1H3,(H,25,26,27). The van der Waals surface area contributed by atoms with Crippen molar-refractivity contribution in [1.29, 1.82) is 0 Å². The van der Waals surface area contributed by atoms with Crippen molar-refractivity contribution < 1.29 is 19.1 Å². The van der Waals surface area contributed by atoms with E-state index in [0.29, 0.717) is 42.4 Å². The Kier molecular flexibility index (Phi) is 4.89. The van der Waals surface area contributed by atoms with Crippen LogP contribution in [0.3, 0.4) is 0 Å². The van der Waals surface area contributed by atoms with Crippen molar-refractivity contribution in [2.45, 2.75) is 44.1 Å². The molecular weight excluding hydrogens is 361 g/mol. The van der Waals surface area contributed by atoms with Gasteiger partial charge in [0.05, 0.1) is 17.0 Å². The van der Waals surface area contributed by atoms with Crippen molar-refractivity contribution in [3.05, 3.63) is 41.3 Å². The lowest BCUT2D eigenvalue weighted by atomic mass is 9.74. The van der Waals surface area contributed by atoms with Crippen LogP contribution in [0.25, 0.3) is 10.9 Å². The number of imide groups is 1. The first-order chi connectivity index (χ1) is 13.4. The highest BCUT2D eigenvalue weighted by molar-refractivity contribution is 6.01. The molecule has 0 aliphatic carbocycles. The summed E-state index contributed by atoms with van der Waals surface area (Å²) in [6.45, 7) is 3.25. The van der Waals surface area contributed by atoms with Crippen LogP contribution < -0.4 is 10.6 Å². The van der Waals surface area contributed by atoms with Crippen LogP contribution in [-0.2, 0) is 15.2 Å². The zero-order valence-corrected chi connectivity index (χ0v) is 15.8. The maximum atomic E-state index is 15.5. The van der Waals surface area contributed by atoms with Gasteiger partial charge in [-0.15, -0.1) is 0 Å². The lowest BCUT2D eigenvalue weighted by Gasteiger charge is -2.40. The highest BCUT2D eigenvalue weighted by Crippen LogP contribution is 2.40. The summed E-state index contributed by atoms with van der Waals surface area (Å²) < 4.78 is 15.5. The number of benzene rings is 1. The molecule has 2 fully saturated rings. The van der Waals surface area contributed by atoms with Crippen LogP contribution in [-0.4, -0.2) is 35.0 Å². The van der Waals surface area contributed by atoms with E-state index in [9.17, 15) is 14.7 Å². The zero-order chi connectivity index (χ0) is 19.9. The molecule has 28 heavy (non-hydrogen) atoms. The second-order valence-electron chi connectivity index (χ2n) is 7.75. The van der Waals surface area contributed by atoms with Crippen LogP contribution >= 0.6 is 0 Å². The molecule has 2 aliphatic heterocycles. The molecule has 0 radical (unpaired) electrons. The van der Waals surface area contributed by atoms with Crippen molar-refractivity contribution in [3.63, 3.8) is 0 Å². The Morgan fingerprint density at radius 2 is 2.18 bits per heavy atom. The fourth-order valence-electron chi connectivity index (χ4n) is 4.48. The second kappa shape index (κ2) is 7.22. The number of hydrogen-bond donors (Lipinski definition) is 3. The van der Waals surface area contributed by atoms with Crippen molar-refractivity contribution in [2.75, 3.05) is 13.1 Å². The Morgan fingerprint density at radius 1 is 1.36 bits per heavy atom. The van der Waals surface area contributed by atoms with E-state index in [-0.39, 0.29) is 29.7 Å². The van der Waals surface area contributed by atoms with Gasteiger partial charge in [-0.25, -0.2) is 4.39 Å². The number of rotatable bonds is 3. The summed E-state index contributed by atoms with van der Waals surface area (Å²) >= 11 is 0. The third-order valence-corrected chi connectivity index (χ3v) is 6.17. The van der Waals surface area contributed by atoms with Gasteiger partial charge in [-0.1, -0.05) is 13.0 Å². The first-order valence-electron chi connectivity index (χ1n) is 9.79. The summed E-state index contributed by atoms with van der Waals surface area (Å²) in [6.07, 6.45) is 3.37. The average Bonchev–Trinajstić information content (AvgIpc) is 2.68. The molecule has 7 heteroatoms. The summed E-state index contributed by atoms with van der Waals surface area (Å²) in [5.41, 5.74) is 0.111. The molecule has 2 aliphatic rings. The summed E-state index contributed by atoms with van der Waals surface area (Å²) in [5.74, 6) is -1.76. The van der Waals surface area contributed by atoms with Gasteiger partial charge in [0.2, 0.25) is 11.8 Å². The molecule has 3 N–H and O–H groups in total. The molecule has 2 aromatic rings. The Labute approximate surface area is 162 Å². The fraction of sp³-hybridized carbons (Fsp3) is 0.476. The van der Waals surface area contributed by atoms with Gasteiger partial charge in [0.25, 0.3) is 0 Å². The molecule has 0 bridgehead atoms. The largest absolute Gasteiger partial charge is 0.385 e. The molecule has 0 saturated carbocycles. The predicted octanol–water partition coefficient (Wildman–Crippen LogP) is 2.10. The van der Waals surface area contributed by atoms with Gasteiger partial charge in [-0.3, -0.25) is 19.9 Å². The number of aromatic nitrogens is 1. The van der Waals surface area contributed by atoms with Gasteiger partial charge < -0.3 is 10.4 Å². The molecule has 4 rings (SSSR count). The fourth-order valence-corrected chi connectivity index (χ4v) is 4.48. The number of carbonyl (C=O) groups is 2. The third-order valence-electron chi connectivity index (χ3n) is 6.17. The maximum absolute atomic E-state index is 15.5. The van der Waals surface area contributed by atoms with Crippen molar-refractivity contribution in [1.82, 2.24) is 15.6 Å². The summed E-state index contributed by atoms with van der Waals surface area (Å²) in [4.78, 5) is 27.9. The van der Waals surface area contributed by atoms with Crippen LogP contribution in [0.1, 0.15) is 49.7 Å². The molecule has 1 aromatic heterocycles. The lowest BCUT2D eigenvalue weighted by molar-refractivity contribution is -0.134. The number of pyridine rings is 1. The number of hydrogen-bond acceptors (Lipinski definition) is 5. The number of aliphatic hydroxyl groups is 1. The number of fused-ring (bicyclic) bond motifs is 1. The smallest absolute Gasteiger partial charge is 0.234 e. The predicted molar refractivity (Wildman–Crippen MR) is 102 cm³/mol. The third kappa shape index (κ3) is 3.08.